The van der Waals surface area contributed by atoms with Crippen molar-refractivity contribution in [2.45, 2.75) is 19.4 Å². The van der Waals surface area contributed by atoms with Crippen molar-refractivity contribution >= 4 is 11.8 Å². The van der Waals surface area contributed by atoms with Gasteiger partial charge in [-0.2, -0.15) is 0 Å². The van der Waals surface area contributed by atoms with Crippen LogP contribution in [0.4, 0.5) is 0 Å². The van der Waals surface area contributed by atoms with Gasteiger partial charge in [0.2, 0.25) is 6.79 Å². The summed E-state index contributed by atoms with van der Waals surface area (Å²) >= 11 is 0. The summed E-state index contributed by atoms with van der Waals surface area (Å²) in [6.07, 6.45) is 0. The molecule has 3 rings (SSSR count). The molecule has 0 saturated carbocycles. The van der Waals surface area contributed by atoms with Crippen molar-refractivity contribution in [3.05, 3.63) is 59.7 Å². The van der Waals surface area contributed by atoms with Crippen LogP contribution in [-0.2, 0) is 16.1 Å². The Morgan fingerprint density at radius 3 is 2.52 bits per heavy atom. The molecule has 2 amide bonds. The summed E-state index contributed by atoms with van der Waals surface area (Å²) in [6, 6.07) is 15.2. The number of fused-ring (bicyclic) bond motifs is 1. The number of amides is 2. The summed E-state index contributed by atoms with van der Waals surface area (Å²) in [7, 11) is 0. The van der Waals surface area contributed by atoms with E-state index in [-0.39, 0.29) is 19.3 Å². The predicted octanol–water partition coefficient (Wildman–Crippen LogP) is 1.95. The van der Waals surface area contributed by atoms with Crippen molar-refractivity contribution in [1.82, 2.24) is 10.6 Å². The standard InChI is InChI=1S/C19H20N2O4/c1-13(15-5-3-2-4-6-15)10-20-18(22)19(23)21-11-14-7-8-16-17(9-14)25-12-24-16/h2-9,13H,10-12H2,1H3,(H,20,22)(H,21,23). The fourth-order valence-corrected chi connectivity index (χ4v) is 2.54. The maximum atomic E-state index is 11.9. The first-order valence-corrected chi connectivity index (χ1v) is 8.13. The van der Waals surface area contributed by atoms with Crippen LogP contribution >= 0.6 is 0 Å². The van der Waals surface area contributed by atoms with E-state index in [4.69, 9.17) is 9.47 Å². The van der Waals surface area contributed by atoms with Crippen molar-refractivity contribution in [2.75, 3.05) is 13.3 Å². The van der Waals surface area contributed by atoms with E-state index in [1.807, 2.05) is 43.3 Å². The molecule has 0 saturated heterocycles. The van der Waals surface area contributed by atoms with Gasteiger partial charge in [0.25, 0.3) is 0 Å². The van der Waals surface area contributed by atoms with Crippen LogP contribution in [0.25, 0.3) is 0 Å². The largest absolute Gasteiger partial charge is 0.454 e. The Kier molecular flexibility index (Phi) is 5.18. The molecule has 2 aromatic rings. The zero-order valence-corrected chi connectivity index (χ0v) is 14.0. The third-order valence-corrected chi connectivity index (χ3v) is 4.03. The summed E-state index contributed by atoms with van der Waals surface area (Å²) in [5, 5.41) is 5.27. The Morgan fingerprint density at radius 2 is 1.72 bits per heavy atom. The summed E-state index contributed by atoms with van der Waals surface area (Å²) in [6.45, 7) is 2.85. The highest BCUT2D eigenvalue weighted by Crippen LogP contribution is 2.32. The Morgan fingerprint density at radius 1 is 1.00 bits per heavy atom. The molecular formula is C19H20N2O4. The lowest BCUT2D eigenvalue weighted by Gasteiger charge is -2.13. The van der Waals surface area contributed by atoms with Gasteiger partial charge in [-0.05, 0) is 29.2 Å². The van der Waals surface area contributed by atoms with Crippen LogP contribution in [0.2, 0.25) is 0 Å². The lowest BCUT2D eigenvalue weighted by Crippen LogP contribution is -2.40. The highest BCUT2D eigenvalue weighted by Gasteiger charge is 2.16. The second-order valence-electron chi connectivity index (χ2n) is 5.89. The molecule has 0 spiro atoms. The Labute approximate surface area is 146 Å². The third kappa shape index (κ3) is 4.29. The maximum Gasteiger partial charge on any atom is 0.309 e. The highest BCUT2D eigenvalue weighted by atomic mass is 16.7. The van der Waals surface area contributed by atoms with E-state index in [2.05, 4.69) is 10.6 Å². The van der Waals surface area contributed by atoms with Crippen molar-refractivity contribution < 1.29 is 19.1 Å². The number of carbonyl (C=O) groups is 2. The van der Waals surface area contributed by atoms with E-state index in [1.165, 1.54) is 0 Å². The van der Waals surface area contributed by atoms with Crippen molar-refractivity contribution in [1.29, 1.82) is 0 Å². The van der Waals surface area contributed by atoms with Gasteiger partial charge < -0.3 is 20.1 Å². The molecule has 2 N–H and O–H groups in total. The van der Waals surface area contributed by atoms with E-state index in [0.29, 0.717) is 18.0 Å². The van der Waals surface area contributed by atoms with Gasteiger partial charge in [0, 0.05) is 13.1 Å². The molecule has 0 fully saturated rings. The zero-order valence-electron chi connectivity index (χ0n) is 14.0. The monoisotopic (exact) mass is 340 g/mol. The van der Waals surface area contributed by atoms with Crippen molar-refractivity contribution in [3.8, 4) is 11.5 Å². The van der Waals surface area contributed by atoms with Crippen LogP contribution in [0.3, 0.4) is 0 Å². The topological polar surface area (TPSA) is 76.7 Å². The smallest absolute Gasteiger partial charge is 0.309 e. The molecule has 6 nitrogen and oxygen atoms in total. The first-order chi connectivity index (χ1) is 12.1. The number of nitrogens with one attached hydrogen (secondary N) is 2. The van der Waals surface area contributed by atoms with E-state index in [1.54, 1.807) is 12.1 Å². The van der Waals surface area contributed by atoms with E-state index < -0.39 is 11.8 Å². The molecule has 130 valence electrons. The highest BCUT2D eigenvalue weighted by molar-refractivity contribution is 6.35. The number of hydrogen-bond acceptors (Lipinski definition) is 4. The minimum Gasteiger partial charge on any atom is -0.454 e. The molecule has 1 aliphatic rings. The van der Waals surface area contributed by atoms with Crippen LogP contribution in [0, 0.1) is 0 Å². The average molecular weight is 340 g/mol. The molecule has 1 atom stereocenters. The fourth-order valence-electron chi connectivity index (χ4n) is 2.54. The summed E-state index contributed by atoms with van der Waals surface area (Å²) in [5.74, 6) is 0.170. The normalized spacial score (nSPS) is 13.2. The minimum atomic E-state index is -0.655. The molecule has 6 heteroatoms. The quantitative estimate of drug-likeness (QED) is 0.816. The predicted molar refractivity (Wildman–Crippen MR) is 92.3 cm³/mol. The first kappa shape index (κ1) is 16.8. The number of carbonyl (C=O) groups excluding carboxylic acids is 2. The Balaban J connectivity index is 1.45. The average Bonchev–Trinajstić information content (AvgIpc) is 3.12. The fraction of sp³-hybridized carbons (Fsp3) is 0.263. The van der Waals surface area contributed by atoms with Gasteiger partial charge in [0.1, 0.15) is 0 Å². The molecule has 1 aliphatic heterocycles. The third-order valence-electron chi connectivity index (χ3n) is 4.03. The molecule has 0 aliphatic carbocycles. The number of benzene rings is 2. The van der Waals surface area contributed by atoms with Gasteiger partial charge in [-0.3, -0.25) is 9.59 Å². The van der Waals surface area contributed by atoms with Crippen LogP contribution in [-0.4, -0.2) is 25.2 Å². The number of rotatable bonds is 5. The second kappa shape index (κ2) is 7.70. The Bertz CT molecular complexity index is 761. The van der Waals surface area contributed by atoms with Crippen LogP contribution in [0.1, 0.15) is 24.0 Å². The van der Waals surface area contributed by atoms with Gasteiger partial charge >= 0.3 is 11.8 Å². The van der Waals surface area contributed by atoms with Crippen LogP contribution < -0.4 is 20.1 Å². The molecule has 25 heavy (non-hydrogen) atoms. The summed E-state index contributed by atoms with van der Waals surface area (Å²) in [4.78, 5) is 23.8. The van der Waals surface area contributed by atoms with E-state index in [9.17, 15) is 9.59 Å². The molecule has 0 radical (unpaired) electrons. The van der Waals surface area contributed by atoms with Gasteiger partial charge in [-0.15, -0.1) is 0 Å². The first-order valence-electron chi connectivity index (χ1n) is 8.13. The van der Waals surface area contributed by atoms with E-state index in [0.717, 1.165) is 11.1 Å². The SMILES string of the molecule is CC(CNC(=O)C(=O)NCc1ccc2c(c1)OCO2)c1ccccc1. The molecule has 0 aromatic heterocycles. The van der Waals surface area contributed by atoms with Gasteiger partial charge in [-0.25, -0.2) is 0 Å². The molecule has 1 unspecified atom stereocenters. The van der Waals surface area contributed by atoms with Crippen molar-refractivity contribution in [3.63, 3.8) is 0 Å². The lowest BCUT2D eigenvalue weighted by atomic mass is 10.0. The molecule has 1 heterocycles. The van der Waals surface area contributed by atoms with E-state index >= 15 is 0 Å². The van der Waals surface area contributed by atoms with Gasteiger partial charge in [-0.1, -0.05) is 43.3 Å². The van der Waals surface area contributed by atoms with Crippen LogP contribution in [0.15, 0.2) is 48.5 Å². The summed E-state index contributed by atoms with van der Waals surface area (Å²) in [5.41, 5.74) is 1.95. The van der Waals surface area contributed by atoms with Crippen molar-refractivity contribution in [2.24, 2.45) is 0 Å². The summed E-state index contributed by atoms with van der Waals surface area (Å²) < 4.78 is 10.5. The number of hydrogen-bond donors (Lipinski definition) is 2. The minimum absolute atomic E-state index is 0.131. The van der Waals surface area contributed by atoms with Crippen LogP contribution in [0.5, 0.6) is 11.5 Å². The lowest BCUT2D eigenvalue weighted by molar-refractivity contribution is -0.139. The molecule has 2 aromatic carbocycles. The second-order valence-corrected chi connectivity index (χ2v) is 5.89. The van der Waals surface area contributed by atoms with Gasteiger partial charge in [0.05, 0.1) is 0 Å². The zero-order chi connectivity index (χ0) is 17.6. The Hall–Kier alpha value is -3.02. The van der Waals surface area contributed by atoms with Gasteiger partial charge in [0.15, 0.2) is 11.5 Å². The maximum absolute atomic E-state index is 11.9. The molecule has 0 bridgehead atoms. The molecular weight excluding hydrogens is 320 g/mol. The number of ether oxygens (including phenoxy) is 2.